The molecule has 0 radical (unpaired) electrons. The summed E-state index contributed by atoms with van der Waals surface area (Å²) < 4.78 is 37.4. The Hall–Kier alpha value is -1.84. The van der Waals surface area contributed by atoms with E-state index >= 15 is 0 Å². The van der Waals surface area contributed by atoms with E-state index < -0.39 is 30.5 Å². The summed E-state index contributed by atoms with van der Waals surface area (Å²) in [6, 6.07) is 6.87. The highest BCUT2D eigenvalue weighted by Gasteiger charge is 2.42. The molecule has 80 valence electrons. The third-order valence-electron chi connectivity index (χ3n) is 2.13. The Labute approximate surface area is 95.3 Å². The highest BCUT2D eigenvalue weighted by Crippen LogP contribution is 2.27. The van der Waals surface area contributed by atoms with Gasteiger partial charge in [0, 0.05) is 6.85 Å². The number of nitrogens with two attached hydrogens (primary N) is 2. The van der Waals surface area contributed by atoms with Crippen LogP contribution in [0.5, 0.6) is 0 Å². The van der Waals surface area contributed by atoms with Crippen molar-refractivity contribution < 1.29 is 16.4 Å². The van der Waals surface area contributed by atoms with Crippen LogP contribution in [0.15, 0.2) is 30.3 Å². The van der Waals surface area contributed by atoms with Crippen LogP contribution in [0.2, 0.25) is 0 Å². The first-order chi connectivity index (χ1) is 8.99. The Morgan fingerprint density at radius 2 is 1.87 bits per heavy atom. The Morgan fingerprint density at radius 3 is 2.27 bits per heavy atom. The highest BCUT2D eigenvalue weighted by atomic mass is 16.2. The van der Waals surface area contributed by atoms with Gasteiger partial charge in [-0.15, -0.1) is 0 Å². The molecule has 0 aliphatic carbocycles. The molecule has 0 aliphatic rings. The van der Waals surface area contributed by atoms with Gasteiger partial charge in [0.05, 0.1) is 0 Å². The van der Waals surface area contributed by atoms with E-state index in [1.807, 2.05) is 0 Å². The van der Waals surface area contributed by atoms with E-state index in [4.69, 9.17) is 18.3 Å². The van der Waals surface area contributed by atoms with E-state index in [0.29, 0.717) is 0 Å². The molecule has 0 fully saturated rings. The maximum Gasteiger partial charge on any atom is 0.237 e. The molecule has 0 atom stereocenters. The summed E-state index contributed by atoms with van der Waals surface area (Å²) in [5.41, 5.74) is 7.34. The van der Waals surface area contributed by atoms with Gasteiger partial charge in [0.1, 0.15) is 0 Å². The predicted octanol–water partition coefficient (Wildman–Crippen LogP) is 0.305. The molecule has 1 aromatic carbocycles. The molecule has 0 aliphatic heterocycles. The molecule has 4 nitrogen and oxygen atoms in total. The second kappa shape index (κ2) is 4.13. The number of hydrogen-bond donors (Lipinski definition) is 2. The fraction of sp³-hybridized carbons (Fsp3) is 0.273. The smallest absolute Gasteiger partial charge is 0.237 e. The van der Waals surface area contributed by atoms with Crippen LogP contribution in [0.1, 0.15) is 25.6 Å². The summed E-state index contributed by atoms with van der Waals surface area (Å²) in [6.45, 7) is -3.27. The fourth-order valence-electron chi connectivity index (χ4n) is 1.29. The Kier molecular flexibility index (Phi) is 1.62. The van der Waals surface area contributed by atoms with Gasteiger partial charge in [0.15, 0.2) is 5.41 Å². The number of amides is 2. The standard InChI is InChI=1S/C11H14N2O2/c1-2-11(9(12)14,10(13)15)8-6-4-3-5-7-8/h3-7H,2H2,1H3,(H2,12,14)(H2,13,15)/i1D3,2D2. The molecule has 15 heavy (non-hydrogen) atoms. The molecule has 0 saturated carbocycles. The SMILES string of the molecule is [2H]C([2H])([2H])C([2H])([2H])C(C(N)=O)(C(N)=O)c1ccccc1. The minimum atomic E-state index is -3.27. The molecule has 0 heterocycles. The van der Waals surface area contributed by atoms with Crippen molar-refractivity contribution in [1.82, 2.24) is 0 Å². The number of benzene rings is 1. The number of hydrogen-bond acceptors (Lipinski definition) is 2. The lowest BCUT2D eigenvalue weighted by atomic mass is 9.77. The molecular weight excluding hydrogens is 192 g/mol. The zero-order valence-electron chi connectivity index (χ0n) is 12.9. The maximum atomic E-state index is 11.8. The number of carbonyl (C=O) groups excluding carboxylic acids is 2. The lowest BCUT2D eigenvalue weighted by Crippen LogP contribution is -2.51. The third kappa shape index (κ3) is 1.70. The first-order valence-corrected chi connectivity index (χ1v) is 4.15. The maximum absolute atomic E-state index is 11.8. The third-order valence-corrected chi connectivity index (χ3v) is 2.13. The van der Waals surface area contributed by atoms with Gasteiger partial charge in [-0.1, -0.05) is 37.2 Å². The van der Waals surface area contributed by atoms with Crippen molar-refractivity contribution in [1.29, 1.82) is 0 Å². The number of primary amides is 2. The summed E-state index contributed by atoms with van der Waals surface area (Å²) >= 11 is 0. The first kappa shape index (κ1) is 5.90. The van der Waals surface area contributed by atoms with Crippen LogP contribution in [-0.4, -0.2) is 11.8 Å². The molecule has 2 amide bonds. The lowest BCUT2D eigenvalue weighted by molar-refractivity contribution is -0.134. The lowest BCUT2D eigenvalue weighted by Gasteiger charge is -2.25. The van der Waals surface area contributed by atoms with Crippen LogP contribution in [-0.2, 0) is 15.0 Å². The van der Waals surface area contributed by atoms with Crippen LogP contribution in [0.3, 0.4) is 0 Å². The van der Waals surface area contributed by atoms with Crippen molar-refractivity contribution in [2.24, 2.45) is 11.5 Å². The van der Waals surface area contributed by atoms with E-state index in [1.54, 1.807) is 6.07 Å². The molecule has 0 unspecified atom stereocenters. The van der Waals surface area contributed by atoms with Gasteiger partial charge in [-0.3, -0.25) is 9.59 Å². The van der Waals surface area contributed by atoms with E-state index in [1.165, 1.54) is 24.3 Å². The summed E-state index contributed by atoms with van der Waals surface area (Å²) in [4.78, 5) is 23.6. The molecule has 0 bridgehead atoms. The second-order valence-electron chi connectivity index (χ2n) is 2.97. The van der Waals surface area contributed by atoms with Gasteiger partial charge in [-0.25, -0.2) is 0 Å². The Bertz CT molecular complexity index is 513. The largest absolute Gasteiger partial charge is 0.368 e. The average Bonchev–Trinajstić information content (AvgIpc) is 2.28. The Balaban J connectivity index is 3.76. The zero-order chi connectivity index (χ0) is 15.8. The van der Waals surface area contributed by atoms with E-state index in [2.05, 4.69) is 0 Å². The van der Waals surface area contributed by atoms with Crippen molar-refractivity contribution in [3.8, 4) is 0 Å². The molecule has 1 rings (SSSR count). The fourth-order valence-corrected chi connectivity index (χ4v) is 1.29. The summed E-state index contributed by atoms with van der Waals surface area (Å²) in [7, 11) is 0. The second-order valence-corrected chi connectivity index (χ2v) is 2.97. The van der Waals surface area contributed by atoms with E-state index in [-0.39, 0.29) is 5.56 Å². The van der Waals surface area contributed by atoms with Gasteiger partial charge < -0.3 is 11.5 Å². The molecule has 4 N–H and O–H groups in total. The Morgan fingerprint density at radius 1 is 1.33 bits per heavy atom. The minimum Gasteiger partial charge on any atom is -0.368 e. The molecule has 0 aromatic heterocycles. The monoisotopic (exact) mass is 211 g/mol. The van der Waals surface area contributed by atoms with Crippen LogP contribution >= 0.6 is 0 Å². The summed E-state index contributed by atoms with van der Waals surface area (Å²) in [5.74, 6) is -2.89. The minimum absolute atomic E-state index is 0.193. The molecule has 0 saturated heterocycles. The predicted molar refractivity (Wildman–Crippen MR) is 56.8 cm³/mol. The van der Waals surface area contributed by atoms with Crippen molar-refractivity contribution in [3.63, 3.8) is 0 Å². The summed E-state index contributed by atoms with van der Waals surface area (Å²) in [5, 5.41) is 0. The van der Waals surface area contributed by atoms with Crippen molar-refractivity contribution in [3.05, 3.63) is 35.9 Å². The van der Waals surface area contributed by atoms with Gasteiger partial charge in [-0.2, -0.15) is 0 Å². The topological polar surface area (TPSA) is 86.2 Å². The van der Waals surface area contributed by atoms with Crippen molar-refractivity contribution in [2.75, 3.05) is 0 Å². The molecule has 4 heteroatoms. The normalized spacial score (nSPS) is 17.7. The van der Waals surface area contributed by atoms with E-state index in [9.17, 15) is 9.59 Å². The van der Waals surface area contributed by atoms with Crippen molar-refractivity contribution in [2.45, 2.75) is 18.6 Å². The van der Waals surface area contributed by atoms with E-state index in [0.717, 1.165) is 0 Å². The van der Waals surface area contributed by atoms with Crippen LogP contribution in [0.25, 0.3) is 0 Å². The molecule has 0 spiro atoms. The molecular formula is C11H14N2O2. The van der Waals surface area contributed by atoms with Crippen molar-refractivity contribution >= 4 is 11.8 Å². The quantitative estimate of drug-likeness (QED) is 0.702. The first-order valence-electron chi connectivity index (χ1n) is 6.65. The highest BCUT2D eigenvalue weighted by molar-refractivity contribution is 6.09. The number of carbonyl (C=O) groups is 2. The van der Waals surface area contributed by atoms with Crippen LogP contribution in [0, 0.1) is 0 Å². The average molecular weight is 211 g/mol. The molecule has 1 aromatic rings. The van der Waals surface area contributed by atoms with Gasteiger partial charge in [0.2, 0.25) is 11.8 Å². The van der Waals surface area contributed by atoms with Gasteiger partial charge in [0.25, 0.3) is 0 Å². The number of rotatable bonds is 4. The zero-order valence-corrected chi connectivity index (χ0v) is 7.86. The van der Waals surface area contributed by atoms with Crippen LogP contribution < -0.4 is 11.5 Å². The van der Waals surface area contributed by atoms with Crippen LogP contribution in [0.4, 0.5) is 0 Å². The van der Waals surface area contributed by atoms with Gasteiger partial charge >= 0.3 is 0 Å². The van der Waals surface area contributed by atoms with Gasteiger partial charge in [-0.05, 0) is 11.9 Å². The summed E-state index contributed by atoms with van der Waals surface area (Å²) in [6.07, 6.45) is -3.25.